The van der Waals surface area contributed by atoms with E-state index >= 15 is 0 Å². The molecule has 1 aromatic carbocycles. The highest BCUT2D eigenvalue weighted by molar-refractivity contribution is 5.99. The minimum Gasteiger partial charge on any atom is -0.349 e. The van der Waals surface area contributed by atoms with Gasteiger partial charge in [-0.3, -0.25) is 4.79 Å². The third-order valence-electron chi connectivity index (χ3n) is 5.27. The molecule has 0 saturated carbocycles. The molecule has 0 saturated heterocycles. The first-order valence-electron chi connectivity index (χ1n) is 8.24. The molecule has 3 heteroatoms. The zero-order valence-electron chi connectivity index (χ0n) is 14.0. The lowest BCUT2D eigenvalue weighted by atomic mass is 9.63. The number of hydrogen-bond donors (Lipinski definition) is 0. The highest BCUT2D eigenvalue weighted by Gasteiger charge is 2.52. The normalized spacial score (nSPS) is 29.1. The van der Waals surface area contributed by atoms with Crippen molar-refractivity contribution in [3.8, 4) is 0 Å². The van der Waals surface area contributed by atoms with Crippen LogP contribution in [0.1, 0.15) is 31.2 Å². The number of carbonyl (C=O) groups is 1. The number of rotatable bonds is 4. The number of fused-ring (bicyclic) bond motifs is 1. The van der Waals surface area contributed by atoms with Crippen LogP contribution in [-0.4, -0.2) is 25.8 Å². The summed E-state index contributed by atoms with van der Waals surface area (Å²) in [7, 11) is 3.33. The predicted octanol–water partition coefficient (Wildman–Crippen LogP) is 3.87. The molecule has 0 N–H and O–H groups in total. The van der Waals surface area contributed by atoms with Crippen LogP contribution in [0.3, 0.4) is 0 Å². The summed E-state index contributed by atoms with van der Waals surface area (Å²) in [5.74, 6) is -0.651. The van der Waals surface area contributed by atoms with Gasteiger partial charge in [-0.1, -0.05) is 49.4 Å². The van der Waals surface area contributed by atoms with Crippen LogP contribution in [0.5, 0.6) is 0 Å². The molecule has 0 aromatic heterocycles. The molecular weight excluding hydrogens is 288 g/mol. The smallest absolute Gasteiger partial charge is 0.191 e. The van der Waals surface area contributed by atoms with Gasteiger partial charge in [0.05, 0.1) is 0 Å². The van der Waals surface area contributed by atoms with E-state index in [0.717, 1.165) is 12.0 Å². The summed E-state index contributed by atoms with van der Waals surface area (Å²) in [5.41, 5.74) is 1.98. The molecule has 0 spiro atoms. The standard InChI is InChI=1S/C20H24O3/c1-4-14-13-20(22-2,23-3)17-12-8-11-16(18(17)19(14)21)15-9-6-5-7-10-15/h5-11,13,16-18H,4,12H2,1-3H3/t16-,17-,18+/m0/s1. The Balaban J connectivity index is 2.10. The summed E-state index contributed by atoms with van der Waals surface area (Å²) in [5, 5.41) is 0. The van der Waals surface area contributed by atoms with Crippen molar-refractivity contribution in [2.45, 2.75) is 31.5 Å². The Labute approximate surface area is 138 Å². The molecule has 0 amide bonds. The number of hydrogen-bond acceptors (Lipinski definition) is 3. The monoisotopic (exact) mass is 312 g/mol. The van der Waals surface area contributed by atoms with Crippen molar-refractivity contribution in [2.75, 3.05) is 14.2 Å². The van der Waals surface area contributed by atoms with Crippen molar-refractivity contribution >= 4 is 5.78 Å². The van der Waals surface area contributed by atoms with Gasteiger partial charge in [-0.15, -0.1) is 0 Å². The van der Waals surface area contributed by atoms with Gasteiger partial charge in [-0.25, -0.2) is 0 Å². The zero-order valence-corrected chi connectivity index (χ0v) is 14.0. The number of ketones is 1. The maximum Gasteiger partial charge on any atom is 0.191 e. The molecule has 0 bridgehead atoms. The fourth-order valence-electron chi connectivity index (χ4n) is 4.06. The summed E-state index contributed by atoms with van der Waals surface area (Å²) in [6.07, 6.45) is 7.71. The lowest BCUT2D eigenvalue weighted by Crippen LogP contribution is -2.52. The van der Waals surface area contributed by atoms with Crippen molar-refractivity contribution in [3.05, 3.63) is 59.7 Å². The molecule has 1 aromatic rings. The van der Waals surface area contributed by atoms with Crippen molar-refractivity contribution in [3.63, 3.8) is 0 Å². The molecule has 3 nitrogen and oxygen atoms in total. The van der Waals surface area contributed by atoms with Crippen LogP contribution < -0.4 is 0 Å². The maximum atomic E-state index is 13.1. The van der Waals surface area contributed by atoms with Crippen LogP contribution in [0.4, 0.5) is 0 Å². The Morgan fingerprint density at radius 2 is 1.87 bits per heavy atom. The first kappa shape index (κ1) is 16.2. The van der Waals surface area contributed by atoms with E-state index in [0.29, 0.717) is 6.42 Å². The van der Waals surface area contributed by atoms with Gasteiger partial charge >= 0.3 is 0 Å². The van der Waals surface area contributed by atoms with Crippen molar-refractivity contribution in [1.29, 1.82) is 0 Å². The highest BCUT2D eigenvalue weighted by atomic mass is 16.7. The molecular formula is C20H24O3. The quantitative estimate of drug-likeness (QED) is 0.625. The van der Waals surface area contributed by atoms with E-state index in [1.54, 1.807) is 14.2 Å². The molecule has 23 heavy (non-hydrogen) atoms. The van der Waals surface area contributed by atoms with E-state index in [9.17, 15) is 4.79 Å². The first-order chi connectivity index (χ1) is 11.2. The molecule has 0 unspecified atom stereocenters. The Kier molecular flexibility index (Phi) is 4.51. The molecule has 0 heterocycles. The van der Waals surface area contributed by atoms with E-state index in [1.807, 2.05) is 31.2 Å². The van der Waals surface area contributed by atoms with Gasteiger partial charge in [0.15, 0.2) is 11.6 Å². The Hall–Kier alpha value is -1.71. The van der Waals surface area contributed by atoms with E-state index in [1.165, 1.54) is 5.56 Å². The second-order valence-electron chi connectivity index (χ2n) is 6.25. The van der Waals surface area contributed by atoms with Gasteiger partial charge in [-0.05, 0) is 30.1 Å². The van der Waals surface area contributed by atoms with Crippen LogP contribution in [0, 0.1) is 11.8 Å². The molecule has 2 aliphatic carbocycles. The third kappa shape index (κ3) is 2.58. The Morgan fingerprint density at radius 1 is 1.17 bits per heavy atom. The summed E-state index contributed by atoms with van der Waals surface area (Å²) in [4.78, 5) is 13.1. The van der Waals surface area contributed by atoms with Gasteiger partial charge in [-0.2, -0.15) is 0 Å². The van der Waals surface area contributed by atoms with Crippen molar-refractivity contribution in [2.24, 2.45) is 11.8 Å². The number of allylic oxidation sites excluding steroid dienone is 3. The number of methoxy groups -OCH3 is 2. The van der Waals surface area contributed by atoms with Crippen LogP contribution in [0.2, 0.25) is 0 Å². The number of ether oxygens (including phenoxy) is 2. The molecule has 2 aliphatic rings. The second kappa shape index (κ2) is 6.42. The van der Waals surface area contributed by atoms with Gasteiger partial charge in [0.1, 0.15) is 0 Å². The molecule has 3 atom stereocenters. The fourth-order valence-corrected chi connectivity index (χ4v) is 4.06. The van der Waals surface area contributed by atoms with E-state index in [-0.39, 0.29) is 23.5 Å². The number of benzene rings is 1. The maximum absolute atomic E-state index is 13.1. The summed E-state index contributed by atoms with van der Waals surface area (Å²) in [6.45, 7) is 2.01. The van der Waals surface area contributed by atoms with Crippen molar-refractivity contribution in [1.82, 2.24) is 0 Å². The highest BCUT2D eigenvalue weighted by Crippen LogP contribution is 2.49. The second-order valence-corrected chi connectivity index (χ2v) is 6.25. The lowest BCUT2D eigenvalue weighted by Gasteiger charge is -2.47. The first-order valence-corrected chi connectivity index (χ1v) is 8.24. The minimum atomic E-state index is -0.818. The summed E-state index contributed by atoms with van der Waals surface area (Å²) in [6, 6.07) is 10.2. The Bertz CT molecular complexity index is 626. The van der Waals surface area contributed by atoms with Crippen LogP contribution in [0.25, 0.3) is 0 Å². The van der Waals surface area contributed by atoms with Crippen LogP contribution in [-0.2, 0) is 14.3 Å². The summed E-state index contributed by atoms with van der Waals surface area (Å²) >= 11 is 0. The molecule has 3 rings (SSSR count). The summed E-state index contributed by atoms with van der Waals surface area (Å²) < 4.78 is 11.6. The van der Waals surface area contributed by atoms with Gasteiger partial charge in [0.2, 0.25) is 0 Å². The third-order valence-corrected chi connectivity index (χ3v) is 5.27. The molecule has 0 aliphatic heterocycles. The predicted molar refractivity (Wildman–Crippen MR) is 90.1 cm³/mol. The zero-order chi connectivity index (χ0) is 16.4. The largest absolute Gasteiger partial charge is 0.349 e. The molecule has 0 radical (unpaired) electrons. The van der Waals surface area contributed by atoms with Gasteiger partial charge < -0.3 is 9.47 Å². The van der Waals surface area contributed by atoms with Gasteiger partial charge in [0.25, 0.3) is 0 Å². The van der Waals surface area contributed by atoms with E-state index < -0.39 is 5.79 Å². The van der Waals surface area contributed by atoms with Crippen LogP contribution in [0.15, 0.2) is 54.1 Å². The molecule has 122 valence electrons. The fraction of sp³-hybridized carbons (Fsp3) is 0.450. The Morgan fingerprint density at radius 3 is 2.48 bits per heavy atom. The van der Waals surface area contributed by atoms with Crippen molar-refractivity contribution < 1.29 is 14.3 Å². The van der Waals surface area contributed by atoms with E-state index in [2.05, 4.69) is 24.3 Å². The SMILES string of the molecule is CCC1=CC(OC)(OC)[C@H]2CC=C[C@@H](c3ccccc3)[C@H]2C1=O. The average Bonchev–Trinajstić information content (AvgIpc) is 2.63. The lowest BCUT2D eigenvalue weighted by molar-refractivity contribution is -0.220. The number of Topliss-reactive ketones (excluding diaryl/α,β-unsaturated/α-hetero) is 1. The topological polar surface area (TPSA) is 35.5 Å². The minimum absolute atomic E-state index is 0.00416. The van der Waals surface area contributed by atoms with Gasteiger partial charge in [0, 0.05) is 32.0 Å². The average molecular weight is 312 g/mol. The molecule has 0 fully saturated rings. The number of carbonyl (C=O) groups excluding carboxylic acids is 1. The van der Waals surface area contributed by atoms with Crippen LogP contribution >= 0.6 is 0 Å². The van der Waals surface area contributed by atoms with E-state index in [4.69, 9.17) is 9.47 Å².